The number of methoxy groups -OCH3 is 1. The Morgan fingerprint density at radius 1 is 1.38 bits per heavy atom. The second-order valence-electron chi connectivity index (χ2n) is 4.94. The standard InChI is InChI=1S/C16H21N3O2/c1-4-17-15(13-6-5-7-14(9-13)21-3)11-19-16(20)8-12(2)10-18-19/h5-10,15,17H,4,11H2,1-3H3. The summed E-state index contributed by atoms with van der Waals surface area (Å²) in [4.78, 5) is 12.0. The van der Waals surface area contributed by atoms with Crippen molar-refractivity contribution in [3.63, 3.8) is 0 Å². The average molecular weight is 287 g/mol. The monoisotopic (exact) mass is 287 g/mol. The van der Waals surface area contributed by atoms with Crippen LogP contribution < -0.4 is 15.6 Å². The van der Waals surface area contributed by atoms with Gasteiger partial charge in [0.05, 0.1) is 25.9 Å². The van der Waals surface area contributed by atoms with Crippen molar-refractivity contribution in [1.29, 1.82) is 0 Å². The molecule has 0 bridgehead atoms. The van der Waals surface area contributed by atoms with Crippen molar-refractivity contribution in [3.8, 4) is 5.75 Å². The Hall–Kier alpha value is -2.14. The molecule has 1 heterocycles. The third-order valence-electron chi connectivity index (χ3n) is 3.31. The van der Waals surface area contributed by atoms with E-state index < -0.39 is 0 Å². The fourth-order valence-corrected chi connectivity index (χ4v) is 2.23. The normalized spacial score (nSPS) is 12.1. The second-order valence-corrected chi connectivity index (χ2v) is 4.94. The van der Waals surface area contributed by atoms with Crippen LogP contribution in [0.2, 0.25) is 0 Å². The highest BCUT2D eigenvalue weighted by molar-refractivity contribution is 5.30. The number of hydrogen-bond acceptors (Lipinski definition) is 4. The molecule has 1 aromatic heterocycles. The van der Waals surface area contributed by atoms with Crippen molar-refractivity contribution in [2.45, 2.75) is 26.4 Å². The molecule has 5 nitrogen and oxygen atoms in total. The number of ether oxygens (including phenoxy) is 1. The number of nitrogens with zero attached hydrogens (tertiary/aromatic N) is 2. The Labute approximate surface area is 124 Å². The van der Waals surface area contributed by atoms with Gasteiger partial charge in [0.15, 0.2) is 0 Å². The maximum Gasteiger partial charge on any atom is 0.267 e. The van der Waals surface area contributed by atoms with Gasteiger partial charge in [-0.25, -0.2) is 4.68 Å². The zero-order valence-corrected chi connectivity index (χ0v) is 12.7. The molecule has 5 heteroatoms. The van der Waals surface area contributed by atoms with E-state index in [1.807, 2.05) is 38.1 Å². The fourth-order valence-electron chi connectivity index (χ4n) is 2.23. The average Bonchev–Trinajstić information content (AvgIpc) is 2.49. The summed E-state index contributed by atoms with van der Waals surface area (Å²) >= 11 is 0. The zero-order valence-electron chi connectivity index (χ0n) is 12.7. The van der Waals surface area contributed by atoms with Gasteiger partial charge in [0, 0.05) is 6.07 Å². The molecule has 0 aliphatic heterocycles. The maximum absolute atomic E-state index is 12.0. The Bertz CT molecular complexity index is 652. The molecule has 1 unspecified atom stereocenters. The van der Waals surface area contributed by atoms with E-state index in [-0.39, 0.29) is 11.6 Å². The molecule has 1 atom stereocenters. The summed E-state index contributed by atoms with van der Waals surface area (Å²) in [6, 6.07) is 9.47. The highest BCUT2D eigenvalue weighted by atomic mass is 16.5. The summed E-state index contributed by atoms with van der Waals surface area (Å²) in [5.74, 6) is 0.805. The number of likely N-dealkylation sites (N-methyl/N-ethyl adjacent to an activating group) is 1. The summed E-state index contributed by atoms with van der Waals surface area (Å²) in [6.07, 6.45) is 1.70. The van der Waals surface area contributed by atoms with Crippen molar-refractivity contribution >= 4 is 0 Å². The van der Waals surface area contributed by atoms with Gasteiger partial charge in [-0.15, -0.1) is 0 Å². The topological polar surface area (TPSA) is 56.2 Å². The lowest BCUT2D eigenvalue weighted by molar-refractivity contribution is 0.407. The second kappa shape index (κ2) is 7.04. The van der Waals surface area contributed by atoms with E-state index in [9.17, 15) is 4.79 Å². The molecule has 0 aliphatic rings. The molecule has 0 amide bonds. The number of nitrogens with one attached hydrogen (secondary N) is 1. The van der Waals surface area contributed by atoms with Crippen molar-refractivity contribution in [2.24, 2.45) is 0 Å². The van der Waals surface area contributed by atoms with Crippen LogP contribution in [0.3, 0.4) is 0 Å². The smallest absolute Gasteiger partial charge is 0.267 e. The molecule has 0 spiro atoms. The van der Waals surface area contributed by atoms with Gasteiger partial charge in [0.1, 0.15) is 5.75 Å². The van der Waals surface area contributed by atoms with E-state index in [4.69, 9.17) is 4.74 Å². The van der Waals surface area contributed by atoms with Gasteiger partial charge >= 0.3 is 0 Å². The van der Waals surface area contributed by atoms with Crippen LogP contribution in [0.15, 0.2) is 41.3 Å². The Morgan fingerprint density at radius 2 is 2.19 bits per heavy atom. The summed E-state index contributed by atoms with van der Waals surface area (Å²) in [6.45, 7) is 5.20. The SMILES string of the molecule is CCNC(Cn1ncc(C)cc1=O)c1cccc(OC)c1. The molecule has 0 saturated heterocycles. The summed E-state index contributed by atoms with van der Waals surface area (Å²) in [5, 5.41) is 7.59. The summed E-state index contributed by atoms with van der Waals surface area (Å²) in [7, 11) is 1.65. The van der Waals surface area contributed by atoms with Crippen LogP contribution in [0.25, 0.3) is 0 Å². The minimum Gasteiger partial charge on any atom is -0.497 e. The molecule has 2 aromatic rings. The summed E-state index contributed by atoms with van der Waals surface area (Å²) < 4.78 is 6.75. The molecule has 21 heavy (non-hydrogen) atoms. The predicted octanol–water partition coefficient (Wildman–Crippen LogP) is 1.91. The molecular formula is C16H21N3O2. The van der Waals surface area contributed by atoms with Gasteiger partial charge < -0.3 is 10.1 Å². The van der Waals surface area contributed by atoms with E-state index in [2.05, 4.69) is 10.4 Å². The van der Waals surface area contributed by atoms with Crippen LogP contribution in [0, 0.1) is 6.92 Å². The predicted molar refractivity (Wildman–Crippen MR) is 82.6 cm³/mol. The van der Waals surface area contributed by atoms with Crippen LogP contribution in [0.4, 0.5) is 0 Å². The van der Waals surface area contributed by atoms with Crippen LogP contribution in [-0.4, -0.2) is 23.4 Å². The van der Waals surface area contributed by atoms with E-state index in [0.29, 0.717) is 6.54 Å². The number of rotatable bonds is 6. The minimum atomic E-state index is -0.0826. The van der Waals surface area contributed by atoms with Crippen LogP contribution in [0.5, 0.6) is 5.75 Å². The van der Waals surface area contributed by atoms with Crippen LogP contribution >= 0.6 is 0 Å². The van der Waals surface area contributed by atoms with Gasteiger partial charge in [0.25, 0.3) is 5.56 Å². The van der Waals surface area contributed by atoms with E-state index in [1.165, 1.54) is 4.68 Å². The highest BCUT2D eigenvalue weighted by Crippen LogP contribution is 2.20. The molecule has 0 radical (unpaired) electrons. The van der Waals surface area contributed by atoms with Gasteiger partial charge in [-0.05, 0) is 36.7 Å². The van der Waals surface area contributed by atoms with Crippen LogP contribution in [0.1, 0.15) is 24.1 Å². The molecular weight excluding hydrogens is 266 g/mol. The Balaban J connectivity index is 2.28. The Morgan fingerprint density at radius 3 is 2.86 bits per heavy atom. The fraction of sp³-hybridized carbons (Fsp3) is 0.375. The Kier molecular flexibility index (Phi) is 5.11. The number of benzene rings is 1. The van der Waals surface area contributed by atoms with E-state index in [1.54, 1.807) is 19.4 Å². The number of aromatic nitrogens is 2. The van der Waals surface area contributed by atoms with Crippen molar-refractivity contribution in [1.82, 2.24) is 15.1 Å². The molecule has 0 saturated carbocycles. The zero-order chi connectivity index (χ0) is 15.2. The quantitative estimate of drug-likeness (QED) is 0.882. The molecule has 2 rings (SSSR count). The number of hydrogen-bond donors (Lipinski definition) is 1. The van der Waals surface area contributed by atoms with Gasteiger partial charge in [0.2, 0.25) is 0 Å². The van der Waals surface area contributed by atoms with E-state index >= 15 is 0 Å². The highest BCUT2D eigenvalue weighted by Gasteiger charge is 2.13. The molecule has 1 N–H and O–H groups in total. The summed E-state index contributed by atoms with van der Waals surface area (Å²) in [5.41, 5.74) is 1.86. The molecule has 112 valence electrons. The first-order chi connectivity index (χ1) is 10.1. The lowest BCUT2D eigenvalue weighted by Crippen LogP contribution is -2.31. The first kappa shape index (κ1) is 15.3. The number of aryl methyl sites for hydroxylation is 1. The lowest BCUT2D eigenvalue weighted by atomic mass is 10.1. The van der Waals surface area contributed by atoms with Gasteiger partial charge in [-0.1, -0.05) is 19.1 Å². The van der Waals surface area contributed by atoms with Crippen molar-refractivity contribution < 1.29 is 4.74 Å². The van der Waals surface area contributed by atoms with Crippen LogP contribution in [-0.2, 0) is 6.54 Å². The third kappa shape index (κ3) is 3.92. The van der Waals surface area contributed by atoms with E-state index in [0.717, 1.165) is 23.4 Å². The maximum atomic E-state index is 12.0. The lowest BCUT2D eigenvalue weighted by Gasteiger charge is -2.19. The minimum absolute atomic E-state index is 0.0120. The van der Waals surface area contributed by atoms with Crippen molar-refractivity contribution in [2.75, 3.05) is 13.7 Å². The third-order valence-corrected chi connectivity index (χ3v) is 3.31. The van der Waals surface area contributed by atoms with Gasteiger partial charge in [-0.3, -0.25) is 4.79 Å². The first-order valence-electron chi connectivity index (χ1n) is 7.05. The van der Waals surface area contributed by atoms with Crippen molar-refractivity contribution in [3.05, 3.63) is 58.0 Å². The molecule has 1 aromatic carbocycles. The molecule has 0 aliphatic carbocycles. The largest absolute Gasteiger partial charge is 0.497 e. The first-order valence-corrected chi connectivity index (χ1v) is 7.05. The van der Waals surface area contributed by atoms with Gasteiger partial charge in [-0.2, -0.15) is 5.10 Å². The molecule has 0 fully saturated rings.